The summed E-state index contributed by atoms with van der Waals surface area (Å²) in [5, 5.41) is 0. The van der Waals surface area contributed by atoms with E-state index in [1.807, 2.05) is 20.8 Å². The summed E-state index contributed by atoms with van der Waals surface area (Å²) in [5.74, 6) is 1.46. The van der Waals surface area contributed by atoms with Crippen molar-refractivity contribution in [2.24, 2.45) is 23.0 Å². The predicted molar refractivity (Wildman–Crippen MR) is 158 cm³/mol. The number of benzene rings is 1. The van der Waals surface area contributed by atoms with Gasteiger partial charge in [-0.15, -0.1) is 0 Å². The highest BCUT2D eigenvalue weighted by molar-refractivity contribution is 5.96. The zero-order valence-corrected chi connectivity index (χ0v) is 24.9. The molecule has 5 rings (SSSR count). The molecule has 0 atom stereocenters. The van der Waals surface area contributed by atoms with Crippen LogP contribution in [0.25, 0.3) is 0 Å². The van der Waals surface area contributed by atoms with E-state index in [1.165, 1.54) is 18.5 Å². The van der Waals surface area contributed by atoms with Crippen LogP contribution in [0.3, 0.4) is 0 Å². The number of rotatable bonds is 9. The molecule has 228 valence electrons. The van der Waals surface area contributed by atoms with Crippen LogP contribution in [0.1, 0.15) is 59.3 Å². The number of nitrogens with zero attached hydrogens (tertiary/aromatic N) is 5. The fourth-order valence-electron chi connectivity index (χ4n) is 6.68. The van der Waals surface area contributed by atoms with Gasteiger partial charge in [-0.1, -0.05) is 13.8 Å². The van der Waals surface area contributed by atoms with E-state index < -0.39 is 11.9 Å². The molecular formula is C31H43FN6O4. The summed E-state index contributed by atoms with van der Waals surface area (Å²) in [5.41, 5.74) is 5.83. The first-order valence-corrected chi connectivity index (χ1v) is 15.2. The number of carbonyl (C=O) groups excluding carboxylic acids is 2. The van der Waals surface area contributed by atoms with Crippen LogP contribution < -0.4 is 20.3 Å². The van der Waals surface area contributed by atoms with E-state index in [2.05, 4.69) is 19.8 Å². The van der Waals surface area contributed by atoms with Gasteiger partial charge in [-0.3, -0.25) is 4.79 Å². The second kappa shape index (κ2) is 12.8. The van der Waals surface area contributed by atoms with E-state index in [0.717, 1.165) is 71.2 Å². The van der Waals surface area contributed by atoms with Crippen LogP contribution in [-0.4, -0.2) is 72.2 Å². The van der Waals surface area contributed by atoms with Gasteiger partial charge in [0, 0.05) is 43.6 Å². The molecule has 3 aliphatic rings. The Bertz CT molecular complexity index is 1250. The number of aromatic nitrogens is 2. The Hall–Kier alpha value is -3.47. The number of likely N-dealkylation sites (tertiary alicyclic amines) is 1. The van der Waals surface area contributed by atoms with Crippen LogP contribution in [0.15, 0.2) is 30.7 Å². The SMILES string of the molecule is CCN(C(=O)C(C)C)c1cc(F)ccc1Oc1cncnc1N1CC2(CCN(CC3CCC(OC(N)=O)CC3)CC2)C1. The van der Waals surface area contributed by atoms with Gasteiger partial charge >= 0.3 is 6.09 Å². The fraction of sp³-hybridized carbons (Fsp3) is 0.613. The molecule has 2 aromatic rings. The lowest BCUT2D eigenvalue weighted by Crippen LogP contribution is -2.61. The molecule has 0 radical (unpaired) electrons. The van der Waals surface area contributed by atoms with Gasteiger partial charge in [-0.2, -0.15) is 0 Å². The molecule has 2 N–H and O–H groups in total. The summed E-state index contributed by atoms with van der Waals surface area (Å²) < 4.78 is 25.8. The number of ether oxygens (including phenoxy) is 2. The molecule has 1 aliphatic carbocycles. The Labute approximate surface area is 247 Å². The molecule has 2 amide bonds. The lowest BCUT2D eigenvalue weighted by Gasteiger charge is -2.54. The van der Waals surface area contributed by atoms with E-state index in [1.54, 1.807) is 17.2 Å². The van der Waals surface area contributed by atoms with Crippen molar-refractivity contribution >= 4 is 23.5 Å². The highest BCUT2D eigenvalue weighted by atomic mass is 19.1. The summed E-state index contributed by atoms with van der Waals surface area (Å²) in [6.45, 7) is 11.0. The van der Waals surface area contributed by atoms with Crippen LogP contribution in [0.5, 0.6) is 11.5 Å². The molecule has 42 heavy (non-hydrogen) atoms. The third-order valence-electron chi connectivity index (χ3n) is 9.03. The van der Waals surface area contributed by atoms with Crippen molar-refractivity contribution in [1.29, 1.82) is 0 Å². The Kier molecular flexibility index (Phi) is 9.15. The third-order valence-corrected chi connectivity index (χ3v) is 9.03. The number of piperidine rings is 1. The number of hydrogen-bond donors (Lipinski definition) is 1. The maximum Gasteiger partial charge on any atom is 0.404 e. The van der Waals surface area contributed by atoms with E-state index in [0.29, 0.717) is 35.5 Å². The van der Waals surface area contributed by atoms with Crippen LogP contribution in [0.2, 0.25) is 0 Å². The first kappa shape index (κ1) is 30.0. The topological polar surface area (TPSA) is 114 Å². The van der Waals surface area contributed by atoms with Gasteiger partial charge in [0.25, 0.3) is 0 Å². The van der Waals surface area contributed by atoms with Gasteiger partial charge in [-0.25, -0.2) is 19.2 Å². The fourth-order valence-corrected chi connectivity index (χ4v) is 6.68. The molecule has 1 spiro atoms. The minimum absolute atomic E-state index is 0.0252. The van der Waals surface area contributed by atoms with E-state index in [9.17, 15) is 14.0 Å². The molecular weight excluding hydrogens is 539 g/mol. The molecule has 2 saturated heterocycles. The number of amides is 2. The predicted octanol–water partition coefficient (Wildman–Crippen LogP) is 4.97. The normalized spacial score (nSPS) is 22.1. The highest BCUT2D eigenvalue weighted by Crippen LogP contribution is 2.45. The maximum absolute atomic E-state index is 14.3. The average molecular weight is 583 g/mol. The lowest BCUT2D eigenvalue weighted by molar-refractivity contribution is -0.121. The maximum atomic E-state index is 14.3. The molecule has 10 nitrogen and oxygen atoms in total. The van der Waals surface area contributed by atoms with Crippen LogP contribution in [-0.2, 0) is 9.53 Å². The summed E-state index contributed by atoms with van der Waals surface area (Å²) in [6.07, 6.45) is 8.66. The molecule has 3 heterocycles. The van der Waals surface area contributed by atoms with Crippen molar-refractivity contribution in [3.63, 3.8) is 0 Å². The quantitative estimate of drug-likeness (QED) is 0.441. The first-order valence-electron chi connectivity index (χ1n) is 15.2. The smallest absolute Gasteiger partial charge is 0.404 e. The van der Waals surface area contributed by atoms with Crippen LogP contribution in [0.4, 0.5) is 20.7 Å². The van der Waals surface area contributed by atoms with Gasteiger partial charge in [-0.05, 0) is 76.6 Å². The summed E-state index contributed by atoms with van der Waals surface area (Å²) in [6, 6.07) is 4.24. The van der Waals surface area contributed by atoms with Crippen molar-refractivity contribution in [3.05, 3.63) is 36.5 Å². The van der Waals surface area contributed by atoms with Crippen molar-refractivity contribution in [1.82, 2.24) is 14.9 Å². The van der Waals surface area contributed by atoms with Gasteiger partial charge in [0.15, 0.2) is 17.3 Å². The number of hydrogen-bond acceptors (Lipinski definition) is 8. The molecule has 1 aromatic heterocycles. The largest absolute Gasteiger partial charge is 0.450 e. The van der Waals surface area contributed by atoms with Gasteiger partial charge in [0.1, 0.15) is 18.2 Å². The molecule has 1 aromatic carbocycles. The molecule has 0 unspecified atom stereocenters. The van der Waals surface area contributed by atoms with E-state index in [4.69, 9.17) is 15.2 Å². The minimum Gasteiger partial charge on any atom is -0.450 e. The van der Waals surface area contributed by atoms with Crippen molar-refractivity contribution in [3.8, 4) is 11.5 Å². The Morgan fingerprint density at radius 2 is 1.86 bits per heavy atom. The number of halogens is 1. The summed E-state index contributed by atoms with van der Waals surface area (Å²) in [7, 11) is 0. The Morgan fingerprint density at radius 1 is 1.14 bits per heavy atom. The standard InChI is InChI=1S/C31H43FN6O4/c1-4-38(29(39)21(2)3)25-15-23(32)7-10-26(25)42-27-16-34-20-35-28(27)37-18-31(19-37)11-13-36(14-12-31)17-22-5-8-24(9-6-22)41-30(33)40/h7,10,15-16,20-22,24H,4-6,8-9,11-14,17-19H2,1-3H3,(H2,33,40). The molecule has 11 heteroatoms. The zero-order valence-electron chi connectivity index (χ0n) is 24.9. The van der Waals surface area contributed by atoms with Crippen molar-refractivity contribution < 1.29 is 23.5 Å². The van der Waals surface area contributed by atoms with Gasteiger partial charge in [0.2, 0.25) is 5.91 Å². The number of nitrogens with two attached hydrogens (primary N) is 1. The molecule has 3 fully saturated rings. The monoisotopic (exact) mass is 582 g/mol. The number of anilines is 2. The number of carbonyl (C=O) groups is 2. The second-order valence-electron chi connectivity index (χ2n) is 12.4. The van der Waals surface area contributed by atoms with Crippen molar-refractivity contribution in [2.75, 3.05) is 49.1 Å². The van der Waals surface area contributed by atoms with Gasteiger partial charge < -0.3 is 29.9 Å². The Morgan fingerprint density at radius 3 is 2.50 bits per heavy atom. The minimum atomic E-state index is -0.670. The number of primary amides is 1. The third kappa shape index (κ3) is 6.77. The van der Waals surface area contributed by atoms with E-state index in [-0.39, 0.29) is 23.3 Å². The molecule has 0 bridgehead atoms. The van der Waals surface area contributed by atoms with E-state index >= 15 is 0 Å². The highest BCUT2D eigenvalue weighted by Gasteiger charge is 2.46. The summed E-state index contributed by atoms with van der Waals surface area (Å²) in [4.78, 5) is 39.0. The van der Waals surface area contributed by atoms with Crippen LogP contribution >= 0.6 is 0 Å². The molecule has 2 aliphatic heterocycles. The first-order chi connectivity index (χ1) is 20.2. The summed E-state index contributed by atoms with van der Waals surface area (Å²) >= 11 is 0. The second-order valence-corrected chi connectivity index (χ2v) is 12.4. The lowest BCUT2D eigenvalue weighted by atomic mass is 9.71. The van der Waals surface area contributed by atoms with Crippen molar-refractivity contribution in [2.45, 2.75) is 65.4 Å². The average Bonchev–Trinajstić information content (AvgIpc) is 2.95. The molecule has 1 saturated carbocycles. The van der Waals surface area contributed by atoms with Gasteiger partial charge in [0.05, 0.1) is 11.9 Å². The van der Waals surface area contributed by atoms with Crippen LogP contribution in [0, 0.1) is 23.1 Å². The zero-order chi connectivity index (χ0) is 29.9. The Balaban J connectivity index is 1.18.